The van der Waals surface area contributed by atoms with Crippen molar-refractivity contribution in [2.45, 2.75) is 37.5 Å². The SMILES string of the molecule is Cn1nc(C2CCC(F)(F)CC2)c2cc(N)ccc21. The van der Waals surface area contributed by atoms with Gasteiger partial charge in [0.1, 0.15) is 0 Å². The summed E-state index contributed by atoms with van der Waals surface area (Å²) >= 11 is 0. The lowest BCUT2D eigenvalue weighted by Gasteiger charge is -2.27. The molecule has 3 nitrogen and oxygen atoms in total. The Kier molecular flexibility index (Phi) is 2.73. The minimum Gasteiger partial charge on any atom is -0.399 e. The van der Waals surface area contributed by atoms with Crippen LogP contribution in [-0.2, 0) is 7.05 Å². The molecule has 1 aromatic carbocycles. The van der Waals surface area contributed by atoms with Gasteiger partial charge < -0.3 is 5.73 Å². The number of benzene rings is 1. The Morgan fingerprint density at radius 1 is 1.32 bits per heavy atom. The lowest BCUT2D eigenvalue weighted by atomic mass is 9.84. The Labute approximate surface area is 110 Å². The van der Waals surface area contributed by atoms with Gasteiger partial charge in [0.05, 0.1) is 11.2 Å². The van der Waals surface area contributed by atoms with Crippen molar-refractivity contribution in [1.29, 1.82) is 0 Å². The monoisotopic (exact) mass is 265 g/mol. The molecule has 0 saturated heterocycles. The number of alkyl halides is 2. The third kappa shape index (κ3) is 2.17. The van der Waals surface area contributed by atoms with E-state index in [1.54, 1.807) is 4.68 Å². The number of nitrogens with two attached hydrogens (primary N) is 1. The number of halogens is 2. The molecule has 3 rings (SSSR count). The molecule has 1 fully saturated rings. The molecule has 0 bridgehead atoms. The molecule has 1 aliphatic rings. The second-order valence-corrected chi connectivity index (χ2v) is 5.42. The van der Waals surface area contributed by atoms with E-state index >= 15 is 0 Å². The van der Waals surface area contributed by atoms with E-state index in [4.69, 9.17) is 5.73 Å². The first kappa shape index (κ1) is 12.4. The van der Waals surface area contributed by atoms with Gasteiger partial charge in [-0.05, 0) is 31.0 Å². The predicted octanol–water partition coefficient (Wildman–Crippen LogP) is 3.45. The van der Waals surface area contributed by atoms with Crippen molar-refractivity contribution in [2.75, 3.05) is 5.73 Å². The van der Waals surface area contributed by atoms with Gasteiger partial charge in [0.25, 0.3) is 0 Å². The third-order valence-electron chi connectivity index (χ3n) is 4.01. The van der Waals surface area contributed by atoms with Crippen LogP contribution in [-0.4, -0.2) is 15.7 Å². The van der Waals surface area contributed by atoms with E-state index in [9.17, 15) is 8.78 Å². The van der Waals surface area contributed by atoms with Crippen LogP contribution in [0.2, 0.25) is 0 Å². The van der Waals surface area contributed by atoms with Crippen LogP contribution in [0.15, 0.2) is 18.2 Å². The molecule has 2 aromatic rings. The molecule has 1 aliphatic carbocycles. The van der Waals surface area contributed by atoms with E-state index < -0.39 is 5.92 Å². The molecule has 0 aliphatic heterocycles. The fraction of sp³-hybridized carbons (Fsp3) is 0.500. The molecule has 1 saturated carbocycles. The highest BCUT2D eigenvalue weighted by atomic mass is 19.3. The Hall–Kier alpha value is -1.65. The summed E-state index contributed by atoms with van der Waals surface area (Å²) < 4.78 is 28.3. The first-order valence-electron chi connectivity index (χ1n) is 6.56. The van der Waals surface area contributed by atoms with Gasteiger partial charge in [0, 0.05) is 36.9 Å². The van der Waals surface area contributed by atoms with E-state index in [0.717, 1.165) is 16.6 Å². The molecule has 0 atom stereocenters. The Balaban J connectivity index is 1.99. The zero-order valence-corrected chi connectivity index (χ0v) is 10.9. The van der Waals surface area contributed by atoms with Crippen LogP contribution in [0.4, 0.5) is 14.5 Å². The van der Waals surface area contributed by atoms with Crippen molar-refractivity contribution in [3.63, 3.8) is 0 Å². The Bertz CT molecular complexity index is 608. The lowest BCUT2D eigenvalue weighted by molar-refractivity contribution is -0.0384. The second-order valence-electron chi connectivity index (χ2n) is 5.42. The van der Waals surface area contributed by atoms with Crippen molar-refractivity contribution in [3.8, 4) is 0 Å². The predicted molar refractivity (Wildman–Crippen MR) is 71.3 cm³/mol. The summed E-state index contributed by atoms with van der Waals surface area (Å²) in [5.74, 6) is -2.38. The summed E-state index contributed by atoms with van der Waals surface area (Å²) in [5.41, 5.74) is 8.42. The zero-order valence-electron chi connectivity index (χ0n) is 10.9. The van der Waals surface area contributed by atoms with Gasteiger partial charge in [-0.3, -0.25) is 4.68 Å². The number of nitrogens with zero attached hydrogens (tertiary/aromatic N) is 2. The highest BCUT2D eigenvalue weighted by Gasteiger charge is 2.36. The molecule has 19 heavy (non-hydrogen) atoms. The number of aromatic nitrogens is 2. The summed E-state index contributed by atoms with van der Waals surface area (Å²) in [4.78, 5) is 0. The average Bonchev–Trinajstić information content (AvgIpc) is 2.66. The normalized spacial score (nSPS) is 19.9. The highest BCUT2D eigenvalue weighted by Crippen LogP contribution is 2.42. The van der Waals surface area contributed by atoms with Crippen molar-refractivity contribution < 1.29 is 8.78 Å². The minimum absolute atomic E-state index is 0.0436. The molecular formula is C14H17F2N3. The smallest absolute Gasteiger partial charge is 0.248 e. The number of rotatable bonds is 1. The molecular weight excluding hydrogens is 248 g/mol. The quantitative estimate of drug-likeness (QED) is 0.803. The first-order valence-corrected chi connectivity index (χ1v) is 6.56. The number of hydrogen-bond acceptors (Lipinski definition) is 2. The van der Waals surface area contributed by atoms with Crippen LogP contribution in [0.1, 0.15) is 37.3 Å². The molecule has 0 amide bonds. The van der Waals surface area contributed by atoms with Crippen LogP contribution < -0.4 is 5.73 Å². The van der Waals surface area contributed by atoms with Crippen molar-refractivity contribution in [3.05, 3.63) is 23.9 Å². The van der Waals surface area contributed by atoms with Crippen LogP contribution in [0.5, 0.6) is 0 Å². The van der Waals surface area contributed by atoms with E-state index in [2.05, 4.69) is 5.10 Å². The van der Waals surface area contributed by atoms with Crippen LogP contribution >= 0.6 is 0 Å². The number of aryl methyl sites for hydroxylation is 1. The standard InChI is InChI=1S/C14H17F2N3/c1-19-12-3-2-10(17)8-11(12)13(18-19)9-4-6-14(15,16)7-5-9/h2-3,8-9H,4-7,17H2,1H3. The molecule has 1 heterocycles. The number of anilines is 1. The maximum atomic E-state index is 13.2. The maximum Gasteiger partial charge on any atom is 0.248 e. The van der Waals surface area contributed by atoms with E-state index in [-0.39, 0.29) is 18.8 Å². The van der Waals surface area contributed by atoms with E-state index in [1.165, 1.54) is 0 Å². The number of nitrogen functional groups attached to an aromatic ring is 1. The largest absolute Gasteiger partial charge is 0.399 e. The van der Waals surface area contributed by atoms with E-state index in [1.807, 2.05) is 25.2 Å². The van der Waals surface area contributed by atoms with Crippen LogP contribution in [0, 0.1) is 0 Å². The summed E-state index contributed by atoms with van der Waals surface area (Å²) in [6.45, 7) is 0. The average molecular weight is 265 g/mol. The summed E-state index contributed by atoms with van der Waals surface area (Å²) in [7, 11) is 1.87. The third-order valence-corrected chi connectivity index (χ3v) is 4.01. The Morgan fingerprint density at radius 3 is 2.68 bits per heavy atom. The summed E-state index contributed by atoms with van der Waals surface area (Å²) in [6, 6.07) is 5.66. The van der Waals surface area contributed by atoms with Crippen molar-refractivity contribution in [1.82, 2.24) is 9.78 Å². The second kappa shape index (κ2) is 4.18. The minimum atomic E-state index is -2.50. The maximum absolute atomic E-state index is 13.2. The topological polar surface area (TPSA) is 43.8 Å². The molecule has 0 radical (unpaired) electrons. The van der Waals surface area contributed by atoms with Gasteiger partial charge in [0.2, 0.25) is 5.92 Å². The molecule has 0 unspecified atom stereocenters. The summed E-state index contributed by atoms with van der Waals surface area (Å²) in [5, 5.41) is 5.52. The van der Waals surface area contributed by atoms with Gasteiger partial charge in [-0.2, -0.15) is 5.10 Å². The molecule has 1 aromatic heterocycles. The molecule has 0 spiro atoms. The van der Waals surface area contributed by atoms with Gasteiger partial charge >= 0.3 is 0 Å². The fourth-order valence-corrected chi connectivity index (χ4v) is 2.93. The van der Waals surface area contributed by atoms with Crippen molar-refractivity contribution >= 4 is 16.6 Å². The molecule has 102 valence electrons. The zero-order chi connectivity index (χ0) is 13.6. The fourth-order valence-electron chi connectivity index (χ4n) is 2.93. The van der Waals surface area contributed by atoms with Gasteiger partial charge in [0.15, 0.2) is 0 Å². The van der Waals surface area contributed by atoms with Crippen LogP contribution in [0.3, 0.4) is 0 Å². The summed E-state index contributed by atoms with van der Waals surface area (Å²) in [6.07, 6.45) is 0.901. The number of hydrogen-bond donors (Lipinski definition) is 1. The van der Waals surface area contributed by atoms with Gasteiger partial charge in [-0.15, -0.1) is 0 Å². The van der Waals surface area contributed by atoms with Gasteiger partial charge in [-0.1, -0.05) is 0 Å². The number of fused-ring (bicyclic) bond motifs is 1. The Morgan fingerprint density at radius 2 is 2.00 bits per heavy atom. The molecule has 2 N–H and O–H groups in total. The molecule has 5 heteroatoms. The van der Waals surface area contributed by atoms with Crippen molar-refractivity contribution in [2.24, 2.45) is 7.05 Å². The van der Waals surface area contributed by atoms with E-state index in [0.29, 0.717) is 18.5 Å². The van der Waals surface area contributed by atoms with Gasteiger partial charge in [-0.25, -0.2) is 8.78 Å². The first-order chi connectivity index (χ1) is 8.96. The lowest BCUT2D eigenvalue weighted by Crippen LogP contribution is -2.23. The van der Waals surface area contributed by atoms with Crippen LogP contribution in [0.25, 0.3) is 10.9 Å². The highest BCUT2D eigenvalue weighted by molar-refractivity contribution is 5.85.